The van der Waals surface area contributed by atoms with Crippen molar-refractivity contribution in [3.05, 3.63) is 0 Å². The number of carbonyl (C=O) groups is 2. The van der Waals surface area contributed by atoms with Crippen LogP contribution in [-0.2, 0) is 4.79 Å². The molecule has 2 atom stereocenters. The molecule has 0 radical (unpaired) electrons. The molecule has 20 heavy (non-hydrogen) atoms. The largest absolute Gasteiger partial charge is 0.481 e. The molecule has 2 aliphatic rings. The third-order valence-corrected chi connectivity index (χ3v) is 5.36. The van der Waals surface area contributed by atoms with E-state index in [0.717, 1.165) is 38.1 Å². The highest BCUT2D eigenvalue weighted by atomic mass is 32.2. The van der Waals surface area contributed by atoms with Crippen LogP contribution >= 0.6 is 11.8 Å². The van der Waals surface area contributed by atoms with E-state index < -0.39 is 5.97 Å². The summed E-state index contributed by atoms with van der Waals surface area (Å²) in [6, 6.07) is -0.0237. The molecule has 2 N–H and O–H groups in total. The predicted octanol–water partition coefficient (Wildman–Crippen LogP) is 2.17. The molecule has 1 saturated carbocycles. The smallest absolute Gasteiger partial charge is 0.317 e. The minimum atomic E-state index is -0.737. The fourth-order valence-corrected chi connectivity index (χ4v) is 4.11. The van der Waals surface area contributed by atoms with E-state index >= 15 is 0 Å². The summed E-state index contributed by atoms with van der Waals surface area (Å²) >= 11 is 1.89. The first-order valence-electron chi connectivity index (χ1n) is 7.29. The number of carbonyl (C=O) groups excluding carboxylic acids is 1. The van der Waals surface area contributed by atoms with Gasteiger partial charge in [-0.1, -0.05) is 6.42 Å². The molecule has 1 heterocycles. The van der Waals surface area contributed by atoms with Crippen molar-refractivity contribution in [1.82, 2.24) is 10.2 Å². The SMILES string of the molecule is CC1(C)CN(C(=O)NC2CCCC(C(=O)O)C2)CCS1. The number of carboxylic acid groups (broad SMARTS) is 1. The van der Waals surface area contributed by atoms with E-state index in [0.29, 0.717) is 6.42 Å². The van der Waals surface area contributed by atoms with Crippen LogP contribution in [0.15, 0.2) is 0 Å². The van der Waals surface area contributed by atoms with Crippen LogP contribution in [0, 0.1) is 5.92 Å². The number of hydrogen-bond acceptors (Lipinski definition) is 3. The second kappa shape index (κ2) is 6.24. The zero-order valence-corrected chi connectivity index (χ0v) is 13.0. The van der Waals surface area contributed by atoms with Crippen molar-refractivity contribution in [1.29, 1.82) is 0 Å². The average molecular weight is 300 g/mol. The van der Waals surface area contributed by atoms with Crippen LogP contribution in [0.2, 0.25) is 0 Å². The van der Waals surface area contributed by atoms with Gasteiger partial charge in [-0.15, -0.1) is 0 Å². The Bertz CT molecular complexity index is 387. The van der Waals surface area contributed by atoms with E-state index in [4.69, 9.17) is 5.11 Å². The highest BCUT2D eigenvalue weighted by Gasteiger charge is 2.32. The zero-order valence-electron chi connectivity index (χ0n) is 12.2. The van der Waals surface area contributed by atoms with Gasteiger partial charge >= 0.3 is 12.0 Å². The second-order valence-corrected chi connectivity index (χ2v) is 8.18. The molecule has 1 saturated heterocycles. The van der Waals surface area contributed by atoms with Crippen LogP contribution in [-0.4, -0.2) is 51.6 Å². The number of hydrogen-bond donors (Lipinski definition) is 2. The lowest BCUT2D eigenvalue weighted by Gasteiger charge is -2.38. The predicted molar refractivity (Wildman–Crippen MR) is 80.0 cm³/mol. The first-order chi connectivity index (χ1) is 9.37. The van der Waals surface area contributed by atoms with Crippen molar-refractivity contribution >= 4 is 23.8 Å². The van der Waals surface area contributed by atoms with Gasteiger partial charge in [-0.25, -0.2) is 4.79 Å². The third-order valence-electron chi connectivity index (χ3n) is 4.06. The number of carboxylic acids is 1. The van der Waals surface area contributed by atoms with Gasteiger partial charge in [-0.05, 0) is 33.1 Å². The molecule has 2 amide bonds. The summed E-state index contributed by atoms with van der Waals surface area (Å²) in [5.41, 5.74) is 0. The molecule has 2 rings (SSSR count). The van der Waals surface area contributed by atoms with E-state index in [1.807, 2.05) is 16.7 Å². The molecule has 1 aliphatic heterocycles. The van der Waals surface area contributed by atoms with Gasteiger partial charge in [-0.3, -0.25) is 4.79 Å². The van der Waals surface area contributed by atoms with Gasteiger partial charge < -0.3 is 15.3 Å². The summed E-state index contributed by atoms with van der Waals surface area (Å²) in [6.45, 7) is 5.82. The summed E-state index contributed by atoms with van der Waals surface area (Å²) in [4.78, 5) is 25.2. The molecule has 0 spiro atoms. The van der Waals surface area contributed by atoms with Crippen LogP contribution < -0.4 is 5.32 Å². The number of nitrogens with one attached hydrogen (secondary N) is 1. The number of rotatable bonds is 2. The Morgan fingerprint density at radius 1 is 1.35 bits per heavy atom. The number of thioether (sulfide) groups is 1. The molecule has 114 valence electrons. The minimum Gasteiger partial charge on any atom is -0.481 e. The number of amides is 2. The fourth-order valence-electron chi connectivity index (χ4n) is 3.00. The standard InChI is InChI=1S/C14H24N2O3S/c1-14(2)9-16(6-7-20-14)13(19)15-11-5-3-4-10(8-11)12(17)18/h10-11H,3-9H2,1-2H3,(H,15,19)(H,17,18). The summed E-state index contributed by atoms with van der Waals surface area (Å²) < 4.78 is 0.103. The Hall–Kier alpha value is -0.910. The molecule has 1 aliphatic carbocycles. The molecule has 2 fully saturated rings. The van der Waals surface area contributed by atoms with Crippen molar-refractivity contribution in [3.63, 3.8) is 0 Å². The summed E-state index contributed by atoms with van der Waals surface area (Å²) in [7, 11) is 0. The molecule has 2 unspecified atom stereocenters. The molecule has 0 aromatic rings. The van der Waals surface area contributed by atoms with E-state index in [-0.39, 0.29) is 22.7 Å². The normalized spacial score (nSPS) is 29.8. The van der Waals surface area contributed by atoms with Crippen LogP contribution in [0.3, 0.4) is 0 Å². The quantitative estimate of drug-likeness (QED) is 0.820. The molecule has 6 heteroatoms. The van der Waals surface area contributed by atoms with Crippen LogP contribution in [0.25, 0.3) is 0 Å². The van der Waals surface area contributed by atoms with Gasteiger partial charge in [-0.2, -0.15) is 11.8 Å². The van der Waals surface area contributed by atoms with Gasteiger partial charge in [0.15, 0.2) is 0 Å². The number of urea groups is 1. The molecular weight excluding hydrogens is 276 g/mol. The Morgan fingerprint density at radius 3 is 2.75 bits per heavy atom. The number of aliphatic carboxylic acids is 1. The summed E-state index contributed by atoms with van der Waals surface area (Å²) in [6.07, 6.45) is 3.06. The minimum absolute atomic E-state index is 0.00930. The van der Waals surface area contributed by atoms with Crippen molar-refractivity contribution in [2.24, 2.45) is 5.92 Å². The van der Waals surface area contributed by atoms with Crippen LogP contribution in [0.1, 0.15) is 39.5 Å². The van der Waals surface area contributed by atoms with E-state index in [1.54, 1.807) is 0 Å². The maximum atomic E-state index is 12.3. The summed E-state index contributed by atoms with van der Waals surface area (Å²) in [5, 5.41) is 12.1. The Balaban J connectivity index is 1.86. The van der Waals surface area contributed by atoms with Crippen LogP contribution in [0.5, 0.6) is 0 Å². The molecule has 0 aromatic heterocycles. The fraction of sp³-hybridized carbons (Fsp3) is 0.857. The Kier molecular flexibility index (Phi) is 4.83. The Labute approximate surface area is 124 Å². The van der Waals surface area contributed by atoms with Crippen molar-refractivity contribution in [3.8, 4) is 0 Å². The zero-order chi connectivity index (χ0) is 14.8. The second-order valence-electron chi connectivity index (χ2n) is 6.38. The Morgan fingerprint density at radius 2 is 2.10 bits per heavy atom. The van der Waals surface area contributed by atoms with E-state index in [9.17, 15) is 9.59 Å². The third kappa shape index (κ3) is 4.04. The lowest BCUT2D eigenvalue weighted by molar-refractivity contribution is -0.143. The van der Waals surface area contributed by atoms with Gasteiger partial charge in [0.2, 0.25) is 0 Å². The van der Waals surface area contributed by atoms with Crippen molar-refractivity contribution in [2.45, 2.75) is 50.3 Å². The highest BCUT2D eigenvalue weighted by Crippen LogP contribution is 2.30. The van der Waals surface area contributed by atoms with Gasteiger partial charge in [0, 0.05) is 29.6 Å². The lowest BCUT2D eigenvalue weighted by Crippen LogP contribution is -2.53. The van der Waals surface area contributed by atoms with E-state index in [1.165, 1.54) is 0 Å². The summed E-state index contributed by atoms with van der Waals surface area (Å²) in [5.74, 6) is -0.0788. The van der Waals surface area contributed by atoms with Gasteiger partial charge in [0.1, 0.15) is 0 Å². The van der Waals surface area contributed by atoms with Crippen molar-refractivity contribution in [2.75, 3.05) is 18.8 Å². The number of nitrogens with zero attached hydrogens (tertiary/aromatic N) is 1. The maximum Gasteiger partial charge on any atom is 0.317 e. The topological polar surface area (TPSA) is 69.6 Å². The maximum absolute atomic E-state index is 12.3. The van der Waals surface area contributed by atoms with E-state index in [2.05, 4.69) is 19.2 Å². The molecule has 0 aromatic carbocycles. The first kappa shape index (κ1) is 15.5. The average Bonchev–Trinajstić information content (AvgIpc) is 2.37. The van der Waals surface area contributed by atoms with Gasteiger partial charge in [0.25, 0.3) is 0 Å². The van der Waals surface area contributed by atoms with Gasteiger partial charge in [0.05, 0.1) is 5.92 Å². The molecule has 0 bridgehead atoms. The molecular formula is C14H24N2O3S. The monoisotopic (exact) mass is 300 g/mol. The van der Waals surface area contributed by atoms with Crippen molar-refractivity contribution < 1.29 is 14.7 Å². The molecule has 5 nitrogen and oxygen atoms in total. The first-order valence-corrected chi connectivity index (χ1v) is 8.28. The highest BCUT2D eigenvalue weighted by molar-refractivity contribution is 8.00. The van der Waals surface area contributed by atoms with Crippen LogP contribution in [0.4, 0.5) is 4.79 Å². The lowest BCUT2D eigenvalue weighted by atomic mass is 9.86.